The Morgan fingerprint density at radius 2 is 1.83 bits per heavy atom. The number of aliphatic carboxylic acids is 1. The van der Waals surface area contributed by atoms with Gasteiger partial charge in [-0.15, -0.1) is 0 Å². The zero-order chi connectivity index (χ0) is 13.8. The van der Waals surface area contributed by atoms with Gasteiger partial charge in [0, 0.05) is 39.3 Å². The molecule has 0 spiro atoms. The third-order valence-electron chi connectivity index (χ3n) is 3.98. The highest BCUT2D eigenvalue weighted by atomic mass is 16.4. The van der Waals surface area contributed by atoms with Gasteiger partial charge in [0.1, 0.15) is 5.54 Å². The van der Waals surface area contributed by atoms with Crippen molar-refractivity contribution >= 4 is 5.97 Å². The van der Waals surface area contributed by atoms with Crippen LogP contribution in [0.25, 0.3) is 0 Å². The van der Waals surface area contributed by atoms with Gasteiger partial charge < -0.3 is 10.0 Å². The van der Waals surface area contributed by atoms with Gasteiger partial charge in [0.25, 0.3) is 0 Å². The average Bonchev–Trinajstić information content (AvgIpc) is 2.31. The molecule has 0 aliphatic carbocycles. The lowest BCUT2D eigenvalue weighted by molar-refractivity contribution is -0.149. The molecule has 1 aliphatic heterocycles. The molecule has 0 aromatic heterocycles. The van der Waals surface area contributed by atoms with Crippen LogP contribution in [0.5, 0.6) is 0 Å². The molecule has 0 radical (unpaired) electrons. The Kier molecular flexibility index (Phi) is 5.56. The lowest BCUT2D eigenvalue weighted by Gasteiger charge is -2.37. The molecule has 0 amide bonds. The molecule has 0 aromatic carbocycles. The summed E-state index contributed by atoms with van der Waals surface area (Å²) in [6.07, 6.45) is 0. The molecule has 1 fully saturated rings. The van der Waals surface area contributed by atoms with Crippen molar-refractivity contribution in [3.05, 3.63) is 0 Å². The maximum Gasteiger partial charge on any atom is 0.323 e. The number of hydrogen-bond donors (Lipinski definition) is 1. The van der Waals surface area contributed by atoms with Crippen LogP contribution in [0.2, 0.25) is 0 Å². The number of nitrogens with zero attached hydrogens (tertiary/aromatic N) is 3. The number of carboxylic acid groups (broad SMARTS) is 1. The van der Waals surface area contributed by atoms with Gasteiger partial charge in [-0.25, -0.2) is 0 Å². The number of likely N-dealkylation sites (N-methyl/N-ethyl adjacent to an activating group) is 2. The van der Waals surface area contributed by atoms with Crippen LogP contribution in [0.3, 0.4) is 0 Å². The number of carbonyl (C=O) groups is 1. The maximum atomic E-state index is 11.3. The fourth-order valence-electron chi connectivity index (χ4n) is 2.30. The molecule has 1 N–H and O–H groups in total. The lowest BCUT2D eigenvalue weighted by Crippen LogP contribution is -2.53. The minimum atomic E-state index is -0.776. The molecule has 0 saturated carbocycles. The lowest BCUT2D eigenvalue weighted by atomic mass is 10.0. The number of piperazine rings is 1. The SMILES string of the molecule is CCN(CCN1CCN(C)CC1)C(C)(C)C(=O)O. The highest BCUT2D eigenvalue weighted by Gasteiger charge is 2.33. The normalized spacial score (nSPS) is 19.4. The van der Waals surface area contributed by atoms with Crippen LogP contribution in [0.1, 0.15) is 20.8 Å². The average molecular weight is 257 g/mol. The molecule has 0 aromatic rings. The first-order valence-corrected chi connectivity index (χ1v) is 6.77. The summed E-state index contributed by atoms with van der Waals surface area (Å²) in [6, 6.07) is 0. The number of rotatable bonds is 6. The van der Waals surface area contributed by atoms with Gasteiger partial charge in [-0.1, -0.05) is 6.92 Å². The number of carboxylic acids is 1. The molecule has 1 heterocycles. The van der Waals surface area contributed by atoms with E-state index in [-0.39, 0.29) is 0 Å². The minimum absolute atomic E-state index is 0.747. The fourth-order valence-corrected chi connectivity index (χ4v) is 2.30. The first kappa shape index (κ1) is 15.4. The van der Waals surface area contributed by atoms with Crippen molar-refractivity contribution in [3.8, 4) is 0 Å². The minimum Gasteiger partial charge on any atom is -0.480 e. The van der Waals surface area contributed by atoms with Gasteiger partial charge in [0.2, 0.25) is 0 Å². The van der Waals surface area contributed by atoms with Crippen molar-refractivity contribution < 1.29 is 9.90 Å². The van der Waals surface area contributed by atoms with E-state index in [0.29, 0.717) is 0 Å². The monoisotopic (exact) mass is 257 g/mol. The third kappa shape index (κ3) is 3.93. The first-order valence-electron chi connectivity index (χ1n) is 6.77. The third-order valence-corrected chi connectivity index (χ3v) is 3.98. The summed E-state index contributed by atoms with van der Waals surface area (Å²) in [5.74, 6) is -0.747. The summed E-state index contributed by atoms with van der Waals surface area (Å²) in [5, 5.41) is 9.25. The summed E-state index contributed by atoms with van der Waals surface area (Å²) < 4.78 is 0. The van der Waals surface area contributed by atoms with Crippen molar-refractivity contribution in [2.75, 3.05) is 52.9 Å². The second-order valence-electron chi connectivity index (χ2n) is 5.59. The molecule has 1 saturated heterocycles. The highest BCUT2D eigenvalue weighted by molar-refractivity contribution is 5.77. The predicted octanol–water partition coefficient (Wildman–Crippen LogP) is 0.419. The van der Waals surface area contributed by atoms with E-state index in [2.05, 4.69) is 16.8 Å². The van der Waals surface area contributed by atoms with Gasteiger partial charge in [-0.3, -0.25) is 14.6 Å². The van der Waals surface area contributed by atoms with Crippen LogP contribution < -0.4 is 0 Å². The maximum absolute atomic E-state index is 11.3. The zero-order valence-electron chi connectivity index (χ0n) is 12.1. The van der Waals surface area contributed by atoms with E-state index < -0.39 is 11.5 Å². The summed E-state index contributed by atoms with van der Waals surface area (Å²) >= 11 is 0. The summed E-state index contributed by atoms with van der Waals surface area (Å²) in [7, 11) is 2.14. The molecule has 0 bridgehead atoms. The largest absolute Gasteiger partial charge is 0.480 e. The first-order chi connectivity index (χ1) is 8.37. The van der Waals surface area contributed by atoms with E-state index in [4.69, 9.17) is 0 Å². The van der Waals surface area contributed by atoms with Gasteiger partial charge in [-0.05, 0) is 27.4 Å². The Balaban J connectivity index is 2.42. The molecule has 5 heteroatoms. The van der Waals surface area contributed by atoms with Gasteiger partial charge in [0.15, 0.2) is 0 Å². The van der Waals surface area contributed by atoms with Crippen molar-refractivity contribution in [1.82, 2.24) is 14.7 Å². The molecule has 1 rings (SSSR count). The van der Waals surface area contributed by atoms with E-state index in [1.54, 1.807) is 13.8 Å². The molecule has 0 unspecified atom stereocenters. The topological polar surface area (TPSA) is 47.0 Å². The van der Waals surface area contributed by atoms with E-state index in [1.165, 1.54) is 0 Å². The van der Waals surface area contributed by atoms with Crippen LogP contribution in [0, 0.1) is 0 Å². The molecular formula is C13H27N3O2. The van der Waals surface area contributed by atoms with Crippen molar-refractivity contribution in [3.63, 3.8) is 0 Å². The van der Waals surface area contributed by atoms with E-state index in [1.807, 2.05) is 11.8 Å². The van der Waals surface area contributed by atoms with Crippen LogP contribution in [0.15, 0.2) is 0 Å². The van der Waals surface area contributed by atoms with E-state index in [0.717, 1.165) is 45.8 Å². The molecule has 1 aliphatic rings. The van der Waals surface area contributed by atoms with E-state index in [9.17, 15) is 9.90 Å². The van der Waals surface area contributed by atoms with Gasteiger partial charge >= 0.3 is 5.97 Å². The molecule has 0 atom stereocenters. The Hall–Kier alpha value is -0.650. The van der Waals surface area contributed by atoms with Gasteiger partial charge in [-0.2, -0.15) is 0 Å². The fraction of sp³-hybridized carbons (Fsp3) is 0.923. The van der Waals surface area contributed by atoms with Crippen LogP contribution in [-0.2, 0) is 4.79 Å². The summed E-state index contributed by atoms with van der Waals surface area (Å²) in [5.41, 5.74) is -0.776. The van der Waals surface area contributed by atoms with Crippen LogP contribution in [0.4, 0.5) is 0 Å². The van der Waals surface area contributed by atoms with Crippen molar-refractivity contribution in [1.29, 1.82) is 0 Å². The second kappa shape index (κ2) is 6.50. The quantitative estimate of drug-likeness (QED) is 0.747. The molecule has 5 nitrogen and oxygen atoms in total. The smallest absolute Gasteiger partial charge is 0.323 e. The molecule has 106 valence electrons. The second-order valence-corrected chi connectivity index (χ2v) is 5.59. The Morgan fingerprint density at radius 3 is 2.28 bits per heavy atom. The molecular weight excluding hydrogens is 230 g/mol. The Labute approximate surface area is 110 Å². The van der Waals surface area contributed by atoms with Crippen molar-refractivity contribution in [2.24, 2.45) is 0 Å². The van der Waals surface area contributed by atoms with Crippen LogP contribution in [-0.4, -0.2) is 84.2 Å². The summed E-state index contributed by atoms with van der Waals surface area (Å²) in [6.45, 7) is 12.5. The van der Waals surface area contributed by atoms with Crippen molar-refractivity contribution in [2.45, 2.75) is 26.3 Å². The molecule has 18 heavy (non-hydrogen) atoms. The predicted molar refractivity (Wildman–Crippen MR) is 72.9 cm³/mol. The standard InChI is InChI=1S/C13H27N3O2/c1-5-16(13(2,3)12(17)18)11-10-15-8-6-14(4)7-9-15/h5-11H2,1-4H3,(H,17,18). The van der Waals surface area contributed by atoms with Crippen LogP contribution >= 0.6 is 0 Å². The Bertz CT molecular complexity index is 273. The van der Waals surface area contributed by atoms with E-state index >= 15 is 0 Å². The summed E-state index contributed by atoms with van der Waals surface area (Å²) in [4.78, 5) is 18.0. The Morgan fingerprint density at radius 1 is 1.28 bits per heavy atom. The highest BCUT2D eigenvalue weighted by Crippen LogP contribution is 2.14. The zero-order valence-corrected chi connectivity index (χ0v) is 12.1. The van der Waals surface area contributed by atoms with Gasteiger partial charge in [0.05, 0.1) is 0 Å². The number of hydrogen-bond acceptors (Lipinski definition) is 4.